The van der Waals surface area contributed by atoms with E-state index in [0.29, 0.717) is 0 Å². The van der Waals surface area contributed by atoms with Gasteiger partial charge in [0.05, 0.1) is 0 Å². The summed E-state index contributed by atoms with van der Waals surface area (Å²) in [5.74, 6) is 0. The molecule has 0 spiro atoms. The SMILES string of the molecule is CSc1ccccc1SC.N.N. The molecular weight excluding hydrogens is 188 g/mol. The maximum absolute atomic E-state index is 2.15. The number of benzene rings is 1. The van der Waals surface area contributed by atoms with Crippen LogP contribution in [0.5, 0.6) is 0 Å². The van der Waals surface area contributed by atoms with E-state index in [2.05, 4.69) is 36.8 Å². The third-order valence-corrected chi connectivity index (χ3v) is 3.01. The summed E-state index contributed by atoms with van der Waals surface area (Å²) in [7, 11) is 0. The lowest BCUT2D eigenvalue weighted by molar-refractivity contribution is 1.26. The minimum Gasteiger partial charge on any atom is -0.344 e. The van der Waals surface area contributed by atoms with Gasteiger partial charge < -0.3 is 12.3 Å². The lowest BCUT2D eigenvalue weighted by atomic mass is 10.4. The number of thioether (sulfide) groups is 2. The molecule has 0 aromatic heterocycles. The molecule has 0 aliphatic carbocycles. The van der Waals surface area contributed by atoms with E-state index in [1.165, 1.54) is 9.79 Å². The molecule has 0 aliphatic heterocycles. The summed E-state index contributed by atoms with van der Waals surface area (Å²) in [5.41, 5.74) is 0. The van der Waals surface area contributed by atoms with Crippen LogP contribution in [0.2, 0.25) is 0 Å². The van der Waals surface area contributed by atoms with Crippen molar-refractivity contribution in [2.75, 3.05) is 12.5 Å². The van der Waals surface area contributed by atoms with Gasteiger partial charge in [-0.2, -0.15) is 0 Å². The van der Waals surface area contributed by atoms with E-state index >= 15 is 0 Å². The monoisotopic (exact) mass is 204 g/mol. The second kappa shape index (κ2) is 7.49. The Labute approximate surface area is 82.7 Å². The third kappa shape index (κ3) is 3.49. The van der Waals surface area contributed by atoms with Crippen molar-refractivity contribution in [3.05, 3.63) is 24.3 Å². The Morgan fingerprint density at radius 1 is 0.833 bits per heavy atom. The Kier molecular flexibility index (Phi) is 8.97. The summed E-state index contributed by atoms with van der Waals surface area (Å²) in [6.07, 6.45) is 4.21. The molecular formula is C8H16N2S2. The maximum atomic E-state index is 2.15. The van der Waals surface area contributed by atoms with Gasteiger partial charge in [-0.05, 0) is 24.6 Å². The van der Waals surface area contributed by atoms with E-state index in [0.717, 1.165) is 0 Å². The van der Waals surface area contributed by atoms with Crippen molar-refractivity contribution in [3.63, 3.8) is 0 Å². The second-order valence-corrected chi connectivity index (χ2v) is 3.55. The zero-order valence-corrected chi connectivity index (χ0v) is 9.17. The lowest BCUT2D eigenvalue weighted by Gasteiger charge is -2.01. The third-order valence-electron chi connectivity index (χ3n) is 1.29. The zero-order valence-electron chi connectivity index (χ0n) is 7.54. The average molecular weight is 204 g/mol. The van der Waals surface area contributed by atoms with Crippen LogP contribution in [0.4, 0.5) is 0 Å². The number of rotatable bonds is 2. The lowest BCUT2D eigenvalue weighted by Crippen LogP contribution is -1.73. The molecule has 0 unspecified atom stereocenters. The standard InChI is InChI=1S/C8H10S2.2H3N/c1-9-7-5-3-4-6-8(7)10-2;;/h3-6H,1-2H3;2*1H3. The molecule has 0 fully saturated rings. The highest BCUT2D eigenvalue weighted by atomic mass is 32.2. The van der Waals surface area contributed by atoms with Gasteiger partial charge in [-0.25, -0.2) is 0 Å². The first-order valence-electron chi connectivity index (χ1n) is 3.05. The van der Waals surface area contributed by atoms with Crippen LogP contribution in [0.1, 0.15) is 0 Å². The van der Waals surface area contributed by atoms with Gasteiger partial charge in [-0.3, -0.25) is 0 Å². The van der Waals surface area contributed by atoms with Gasteiger partial charge in [0.15, 0.2) is 0 Å². The van der Waals surface area contributed by atoms with Gasteiger partial charge in [0, 0.05) is 9.79 Å². The minimum absolute atomic E-state index is 0. The zero-order chi connectivity index (χ0) is 7.40. The quantitative estimate of drug-likeness (QED) is 0.724. The van der Waals surface area contributed by atoms with Crippen molar-refractivity contribution in [2.24, 2.45) is 0 Å². The van der Waals surface area contributed by atoms with Crippen LogP contribution in [-0.4, -0.2) is 12.5 Å². The van der Waals surface area contributed by atoms with E-state index in [1.807, 2.05) is 0 Å². The summed E-state index contributed by atoms with van der Waals surface area (Å²) in [6, 6.07) is 8.45. The minimum atomic E-state index is 0. The van der Waals surface area contributed by atoms with Gasteiger partial charge in [0.1, 0.15) is 0 Å². The normalized spacial score (nSPS) is 8.17. The Morgan fingerprint density at radius 2 is 1.17 bits per heavy atom. The highest BCUT2D eigenvalue weighted by molar-refractivity contribution is 8.01. The summed E-state index contributed by atoms with van der Waals surface area (Å²) in [5, 5.41) is 0. The smallest absolute Gasteiger partial charge is 0.0205 e. The topological polar surface area (TPSA) is 70.0 Å². The average Bonchev–Trinajstić information content (AvgIpc) is 2.04. The molecule has 0 aliphatic rings. The van der Waals surface area contributed by atoms with Crippen LogP contribution in [0, 0.1) is 0 Å². The van der Waals surface area contributed by atoms with Gasteiger partial charge >= 0.3 is 0 Å². The van der Waals surface area contributed by atoms with Crippen molar-refractivity contribution < 1.29 is 0 Å². The molecule has 0 radical (unpaired) electrons. The molecule has 0 amide bonds. The van der Waals surface area contributed by atoms with Crippen molar-refractivity contribution in [3.8, 4) is 0 Å². The predicted octanol–water partition coefficient (Wildman–Crippen LogP) is 3.45. The molecule has 0 heterocycles. The first-order valence-corrected chi connectivity index (χ1v) is 5.50. The fourth-order valence-corrected chi connectivity index (χ4v) is 2.26. The van der Waals surface area contributed by atoms with Crippen molar-refractivity contribution in [2.45, 2.75) is 9.79 Å². The molecule has 0 atom stereocenters. The number of hydrogen-bond donors (Lipinski definition) is 2. The Hall–Kier alpha value is -0.160. The van der Waals surface area contributed by atoms with Crippen LogP contribution in [-0.2, 0) is 0 Å². The van der Waals surface area contributed by atoms with Gasteiger partial charge in [-0.15, -0.1) is 23.5 Å². The molecule has 1 aromatic carbocycles. The predicted molar refractivity (Wildman–Crippen MR) is 60.0 cm³/mol. The van der Waals surface area contributed by atoms with Crippen molar-refractivity contribution >= 4 is 23.5 Å². The Morgan fingerprint density at radius 3 is 1.42 bits per heavy atom. The van der Waals surface area contributed by atoms with Crippen LogP contribution in [0.3, 0.4) is 0 Å². The molecule has 4 heteroatoms. The molecule has 1 aromatic rings. The molecule has 12 heavy (non-hydrogen) atoms. The summed E-state index contributed by atoms with van der Waals surface area (Å²) in [4.78, 5) is 2.74. The molecule has 2 nitrogen and oxygen atoms in total. The fourth-order valence-electron chi connectivity index (χ4n) is 0.787. The maximum Gasteiger partial charge on any atom is 0.0205 e. The van der Waals surface area contributed by atoms with Crippen LogP contribution < -0.4 is 12.3 Å². The molecule has 1 rings (SSSR count). The Bertz CT molecular complexity index is 193. The Balaban J connectivity index is 0. The van der Waals surface area contributed by atoms with E-state index in [4.69, 9.17) is 0 Å². The van der Waals surface area contributed by atoms with Gasteiger partial charge in [-0.1, -0.05) is 12.1 Å². The summed E-state index contributed by atoms with van der Waals surface area (Å²) < 4.78 is 0. The molecule has 0 saturated heterocycles. The molecule has 70 valence electrons. The summed E-state index contributed by atoms with van der Waals surface area (Å²) in [6.45, 7) is 0. The number of hydrogen-bond acceptors (Lipinski definition) is 4. The molecule has 0 saturated carbocycles. The molecule has 0 bridgehead atoms. The van der Waals surface area contributed by atoms with Gasteiger partial charge in [0.2, 0.25) is 0 Å². The second-order valence-electron chi connectivity index (χ2n) is 1.85. The van der Waals surface area contributed by atoms with Crippen molar-refractivity contribution in [1.82, 2.24) is 12.3 Å². The summed E-state index contributed by atoms with van der Waals surface area (Å²) >= 11 is 3.60. The highest BCUT2D eigenvalue weighted by Gasteiger charge is 1.95. The van der Waals surface area contributed by atoms with Crippen LogP contribution in [0.15, 0.2) is 34.1 Å². The first-order chi connectivity index (χ1) is 4.88. The highest BCUT2D eigenvalue weighted by Crippen LogP contribution is 2.26. The fraction of sp³-hybridized carbons (Fsp3) is 0.250. The van der Waals surface area contributed by atoms with Crippen molar-refractivity contribution in [1.29, 1.82) is 0 Å². The first kappa shape index (κ1) is 14.4. The van der Waals surface area contributed by atoms with E-state index in [-0.39, 0.29) is 12.3 Å². The molecule has 6 N–H and O–H groups in total. The van der Waals surface area contributed by atoms with Crippen LogP contribution in [0.25, 0.3) is 0 Å². The van der Waals surface area contributed by atoms with E-state index in [1.54, 1.807) is 23.5 Å². The van der Waals surface area contributed by atoms with Crippen LogP contribution >= 0.6 is 23.5 Å². The largest absolute Gasteiger partial charge is 0.344 e. The van der Waals surface area contributed by atoms with E-state index in [9.17, 15) is 0 Å². The van der Waals surface area contributed by atoms with E-state index < -0.39 is 0 Å². The van der Waals surface area contributed by atoms with Gasteiger partial charge in [0.25, 0.3) is 0 Å².